The number of sulfonamides is 1. The Bertz CT molecular complexity index is 1580. The fourth-order valence-corrected chi connectivity index (χ4v) is 10.4. The second kappa shape index (κ2) is 6.40. The van der Waals surface area contributed by atoms with E-state index in [1.807, 2.05) is 79.7 Å². The van der Waals surface area contributed by atoms with Gasteiger partial charge in [0.25, 0.3) is 5.91 Å². The van der Waals surface area contributed by atoms with Gasteiger partial charge in [-0.3, -0.25) is 14.5 Å². The van der Waals surface area contributed by atoms with E-state index in [2.05, 4.69) is 0 Å². The zero-order valence-electron chi connectivity index (χ0n) is 19.4. The lowest BCUT2D eigenvalue weighted by Crippen LogP contribution is -2.81. The van der Waals surface area contributed by atoms with Gasteiger partial charge in [-0.2, -0.15) is 0 Å². The maximum Gasteiger partial charge on any atom is 0.265 e. The third-order valence-electron chi connectivity index (χ3n) is 8.56. The first-order valence-corrected chi connectivity index (χ1v) is 13.5. The predicted molar refractivity (Wildman–Crippen MR) is 132 cm³/mol. The second-order valence-corrected chi connectivity index (χ2v) is 11.9. The molecule has 1 saturated heterocycles. The highest BCUT2D eigenvalue weighted by atomic mass is 32.2. The molecule has 2 aliphatic heterocycles. The number of nitrogens with zero attached hydrogens (tertiary/aromatic N) is 2. The molecule has 2 fully saturated rings. The summed E-state index contributed by atoms with van der Waals surface area (Å²) in [4.78, 5) is 29.3. The summed E-state index contributed by atoms with van der Waals surface area (Å²) in [6.07, 6.45) is 0.506. The topological polar surface area (TPSA) is 74.8 Å². The minimum absolute atomic E-state index is 0.105. The van der Waals surface area contributed by atoms with E-state index < -0.39 is 38.1 Å². The Morgan fingerprint density at radius 1 is 0.914 bits per heavy atom. The molecule has 4 atom stereocenters. The standard InChI is InChI=1S/C28H24N2O4S/c1-3-16-29-26(32)28-25(35(29,33)34)24-20-12-5-4-10-18(20)19-11-6-7-13-21(19)27(24,28)22-14-8-9-15-23(22)30(28)17(2)31/h4-15,24-25H,3,16H2,1-2H3. The Hall–Kier alpha value is -3.45. The predicted octanol–water partition coefficient (Wildman–Crippen LogP) is 3.81. The Morgan fingerprint density at radius 2 is 1.54 bits per heavy atom. The molecule has 4 unspecified atom stereocenters. The summed E-state index contributed by atoms with van der Waals surface area (Å²) in [6.45, 7) is 3.40. The molecule has 2 heterocycles. The summed E-state index contributed by atoms with van der Waals surface area (Å²) in [5, 5.41) is -1.06. The van der Waals surface area contributed by atoms with Crippen LogP contribution >= 0.6 is 0 Å². The third kappa shape index (κ3) is 1.93. The lowest BCUT2D eigenvalue weighted by Gasteiger charge is -2.64. The first-order chi connectivity index (χ1) is 16.9. The van der Waals surface area contributed by atoms with Gasteiger partial charge in [-0.25, -0.2) is 12.7 Å². The summed E-state index contributed by atoms with van der Waals surface area (Å²) >= 11 is 0. The zero-order valence-corrected chi connectivity index (χ0v) is 20.2. The van der Waals surface area contributed by atoms with E-state index >= 15 is 0 Å². The number of carbonyl (C=O) groups excluding carboxylic acids is 2. The van der Waals surface area contributed by atoms with E-state index in [1.54, 1.807) is 0 Å². The smallest absolute Gasteiger partial charge is 0.265 e. The van der Waals surface area contributed by atoms with Crippen LogP contribution in [-0.4, -0.2) is 41.9 Å². The van der Waals surface area contributed by atoms with Gasteiger partial charge >= 0.3 is 0 Å². The zero-order chi connectivity index (χ0) is 24.3. The van der Waals surface area contributed by atoms with Crippen molar-refractivity contribution in [3.05, 3.63) is 89.5 Å². The Kier molecular flexibility index (Phi) is 3.82. The van der Waals surface area contributed by atoms with Crippen molar-refractivity contribution < 1.29 is 18.0 Å². The number of para-hydroxylation sites is 1. The highest BCUT2D eigenvalue weighted by Gasteiger charge is 2.91. The van der Waals surface area contributed by atoms with Gasteiger partial charge < -0.3 is 0 Å². The van der Waals surface area contributed by atoms with Gasteiger partial charge in [-0.15, -0.1) is 0 Å². The minimum Gasteiger partial charge on any atom is -0.294 e. The van der Waals surface area contributed by atoms with E-state index in [1.165, 1.54) is 11.8 Å². The molecule has 0 bridgehead atoms. The lowest BCUT2D eigenvalue weighted by atomic mass is 9.40. The number of rotatable bonds is 2. The van der Waals surface area contributed by atoms with Gasteiger partial charge in [0.1, 0.15) is 5.25 Å². The number of hydrogen-bond donors (Lipinski definition) is 0. The highest BCUT2D eigenvalue weighted by Crippen LogP contribution is 2.78. The maximum absolute atomic E-state index is 14.5. The molecular formula is C28H24N2O4S. The van der Waals surface area contributed by atoms with Crippen molar-refractivity contribution >= 4 is 27.5 Å². The van der Waals surface area contributed by atoms with Crippen LogP contribution in [0.1, 0.15) is 42.9 Å². The molecule has 2 amide bonds. The normalized spacial score (nSPS) is 30.4. The quantitative estimate of drug-likeness (QED) is 0.555. The third-order valence-corrected chi connectivity index (χ3v) is 10.8. The van der Waals surface area contributed by atoms with Crippen LogP contribution in [0.15, 0.2) is 72.8 Å². The first-order valence-electron chi connectivity index (χ1n) is 12.0. The Morgan fingerprint density at radius 3 is 2.26 bits per heavy atom. The van der Waals surface area contributed by atoms with Crippen LogP contribution in [0.3, 0.4) is 0 Å². The molecule has 1 saturated carbocycles. The average molecular weight is 485 g/mol. The van der Waals surface area contributed by atoms with Gasteiger partial charge in [0.2, 0.25) is 15.9 Å². The molecule has 3 aromatic carbocycles. The summed E-state index contributed by atoms with van der Waals surface area (Å²) < 4.78 is 29.4. The molecule has 176 valence electrons. The van der Waals surface area contributed by atoms with E-state index in [-0.39, 0.29) is 12.5 Å². The molecule has 7 heteroatoms. The molecule has 3 aromatic rings. The fourth-order valence-electron chi connectivity index (χ4n) is 7.76. The molecule has 2 aliphatic carbocycles. The summed E-state index contributed by atoms with van der Waals surface area (Å²) in [6, 6.07) is 23.4. The molecule has 6 nitrogen and oxygen atoms in total. The van der Waals surface area contributed by atoms with Crippen LogP contribution in [0.25, 0.3) is 11.1 Å². The molecule has 35 heavy (non-hydrogen) atoms. The van der Waals surface area contributed by atoms with Gasteiger partial charge in [-0.05, 0) is 40.3 Å². The van der Waals surface area contributed by atoms with Crippen LogP contribution in [0.2, 0.25) is 0 Å². The average Bonchev–Trinajstić information content (AvgIpc) is 3.12. The summed E-state index contributed by atoms with van der Waals surface area (Å²) in [5.41, 5.74) is 2.74. The summed E-state index contributed by atoms with van der Waals surface area (Å²) in [5.74, 6) is -1.30. The monoisotopic (exact) mass is 484 g/mol. The van der Waals surface area contributed by atoms with Crippen LogP contribution in [0, 0.1) is 0 Å². The minimum atomic E-state index is -4.02. The van der Waals surface area contributed by atoms with E-state index in [0.717, 1.165) is 32.1 Å². The van der Waals surface area contributed by atoms with E-state index in [4.69, 9.17) is 0 Å². The SMILES string of the molecule is CCCN1C(=O)C23C(C4c5ccccc5-c5ccccc5C42c2ccccc2N3C(C)=O)S1(=O)=O. The van der Waals surface area contributed by atoms with Crippen LogP contribution in [0.4, 0.5) is 5.69 Å². The van der Waals surface area contributed by atoms with Crippen molar-refractivity contribution in [3.63, 3.8) is 0 Å². The number of amides is 2. The van der Waals surface area contributed by atoms with Gasteiger partial charge in [0, 0.05) is 25.1 Å². The first kappa shape index (κ1) is 20.9. The molecule has 0 radical (unpaired) electrons. The van der Waals surface area contributed by atoms with Gasteiger partial charge in [0.05, 0.1) is 5.41 Å². The lowest BCUT2D eigenvalue weighted by molar-refractivity contribution is -0.139. The van der Waals surface area contributed by atoms with E-state index in [9.17, 15) is 18.0 Å². The maximum atomic E-state index is 14.5. The highest BCUT2D eigenvalue weighted by molar-refractivity contribution is 7.91. The number of carbonyl (C=O) groups is 2. The molecule has 0 aromatic heterocycles. The van der Waals surface area contributed by atoms with E-state index in [0.29, 0.717) is 12.1 Å². The number of anilines is 1. The molecular weight excluding hydrogens is 460 g/mol. The Labute approximate surface area is 204 Å². The van der Waals surface area contributed by atoms with Crippen LogP contribution < -0.4 is 4.90 Å². The fraction of sp³-hybridized carbons (Fsp3) is 0.286. The molecule has 2 spiro atoms. The van der Waals surface area contributed by atoms with Crippen molar-refractivity contribution in [2.45, 2.75) is 42.4 Å². The molecule has 0 N–H and O–H groups in total. The van der Waals surface area contributed by atoms with Gasteiger partial charge in [-0.1, -0.05) is 73.7 Å². The van der Waals surface area contributed by atoms with Crippen LogP contribution in [0.5, 0.6) is 0 Å². The van der Waals surface area contributed by atoms with Crippen molar-refractivity contribution in [2.24, 2.45) is 0 Å². The van der Waals surface area contributed by atoms with Crippen LogP contribution in [-0.2, 0) is 25.0 Å². The van der Waals surface area contributed by atoms with Crippen molar-refractivity contribution in [3.8, 4) is 11.1 Å². The number of benzene rings is 3. The van der Waals surface area contributed by atoms with Crippen molar-refractivity contribution in [1.82, 2.24) is 4.31 Å². The summed E-state index contributed by atoms with van der Waals surface area (Å²) in [7, 11) is -4.02. The Balaban J connectivity index is 1.70. The van der Waals surface area contributed by atoms with Gasteiger partial charge in [0.15, 0.2) is 5.54 Å². The largest absolute Gasteiger partial charge is 0.294 e. The molecule has 4 aliphatic rings. The van der Waals surface area contributed by atoms with Crippen molar-refractivity contribution in [2.75, 3.05) is 11.4 Å². The molecule has 7 rings (SSSR count). The number of fused-ring (bicyclic) bond motifs is 6. The van der Waals surface area contributed by atoms with Crippen molar-refractivity contribution in [1.29, 1.82) is 0 Å². The number of hydrogen-bond acceptors (Lipinski definition) is 4. The second-order valence-electron chi connectivity index (χ2n) is 9.90.